The van der Waals surface area contributed by atoms with Crippen LogP contribution in [0.4, 0.5) is 0 Å². The van der Waals surface area contributed by atoms with E-state index in [1.807, 2.05) is 0 Å². The first-order chi connectivity index (χ1) is 11.1. The Morgan fingerprint density at radius 1 is 0.870 bits per heavy atom. The SMILES string of the molecule is CCCCCCCN(C)[C@H]1[C@H](OCCCCCC)[C@H](O)C[C@@H]1O. The molecule has 0 radical (unpaired) electrons. The molecule has 0 aromatic rings. The minimum atomic E-state index is -0.538. The maximum absolute atomic E-state index is 10.3. The molecule has 0 unspecified atom stereocenters. The second-order valence-corrected chi connectivity index (χ2v) is 7.15. The third-order valence-electron chi connectivity index (χ3n) is 5.02. The minimum absolute atomic E-state index is 0.0673. The maximum Gasteiger partial charge on any atom is 0.101 e. The van der Waals surface area contributed by atoms with Crippen molar-refractivity contribution in [2.24, 2.45) is 0 Å². The molecule has 2 N–H and O–H groups in total. The highest BCUT2D eigenvalue weighted by molar-refractivity contribution is 4.98. The van der Waals surface area contributed by atoms with Crippen LogP contribution in [0.15, 0.2) is 0 Å². The van der Waals surface area contributed by atoms with Crippen LogP contribution < -0.4 is 0 Å². The molecule has 0 saturated heterocycles. The topological polar surface area (TPSA) is 52.9 Å². The molecule has 0 aromatic heterocycles. The number of aliphatic hydroxyl groups is 2. The molecule has 4 nitrogen and oxygen atoms in total. The van der Waals surface area contributed by atoms with E-state index in [1.165, 1.54) is 44.9 Å². The van der Waals surface area contributed by atoms with E-state index in [2.05, 4.69) is 25.8 Å². The molecule has 1 saturated carbocycles. The molecule has 0 bridgehead atoms. The number of nitrogens with zero attached hydrogens (tertiary/aromatic N) is 1. The zero-order valence-corrected chi connectivity index (χ0v) is 15.5. The molecule has 4 atom stereocenters. The van der Waals surface area contributed by atoms with Crippen molar-refractivity contribution in [2.75, 3.05) is 20.2 Å². The van der Waals surface area contributed by atoms with E-state index < -0.39 is 12.2 Å². The van der Waals surface area contributed by atoms with Crippen LogP contribution in [0.5, 0.6) is 0 Å². The van der Waals surface area contributed by atoms with Crippen LogP contribution in [0.25, 0.3) is 0 Å². The Bertz CT molecular complexity index is 288. The lowest BCUT2D eigenvalue weighted by molar-refractivity contribution is -0.0589. The van der Waals surface area contributed by atoms with E-state index in [0.29, 0.717) is 13.0 Å². The Kier molecular flexibility index (Phi) is 11.1. The van der Waals surface area contributed by atoms with Crippen LogP contribution in [-0.4, -0.2) is 59.7 Å². The molecule has 0 spiro atoms. The maximum atomic E-state index is 10.3. The summed E-state index contributed by atoms with van der Waals surface area (Å²) in [6.45, 7) is 6.08. The van der Waals surface area contributed by atoms with Gasteiger partial charge in [-0.3, -0.25) is 4.90 Å². The molecule has 0 heterocycles. The molecule has 0 aliphatic heterocycles. The third kappa shape index (κ3) is 7.51. The van der Waals surface area contributed by atoms with E-state index in [4.69, 9.17) is 4.74 Å². The average Bonchev–Trinajstić information content (AvgIpc) is 2.80. The summed E-state index contributed by atoms with van der Waals surface area (Å²) in [5.74, 6) is 0. The van der Waals surface area contributed by atoms with Crippen LogP contribution in [0.3, 0.4) is 0 Å². The van der Waals surface area contributed by atoms with E-state index in [1.54, 1.807) is 0 Å². The minimum Gasteiger partial charge on any atom is -0.391 e. The fraction of sp³-hybridized carbons (Fsp3) is 1.00. The van der Waals surface area contributed by atoms with Crippen molar-refractivity contribution in [1.29, 1.82) is 0 Å². The lowest BCUT2D eigenvalue weighted by Crippen LogP contribution is -2.47. The predicted octanol–water partition coefficient (Wildman–Crippen LogP) is 3.35. The monoisotopic (exact) mass is 329 g/mol. The number of likely N-dealkylation sites (N-methyl/N-ethyl adjacent to an activating group) is 1. The van der Waals surface area contributed by atoms with Gasteiger partial charge in [-0.1, -0.05) is 58.8 Å². The van der Waals surface area contributed by atoms with Gasteiger partial charge >= 0.3 is 0 Å². The molecule has 4 heteroatoms. The highest BCUT2D eigenvalue weighted by atomic mass is 16.5. The fourth-order valence-electron chi connectivity index (χ4n) is 3.58. The number of hydrogen-bond acceptors (Lipinski definition) is 4. The van der Waals surface area contributed by atoms with Gasteiger partial charge in [0.2, 0.25) is 0 Å². The van der Waals surface area contributed by atoms with E-state index in [9.17, 15) is 10.2 Å². The Morgan fingerprint density at radius 3 is 2.13 bits per heavy atom. The van der Waals surface area contributed by atoms with Crippen LogP contribution in [0, 0.1) is 0 Å². The summed E-state index contributed by atoms with van der Waals surface area (Å²) in [7, 11) is 2.05. The summed E-state index contributed by atoms with van der Waals surface area (Å²) in [5, 5.41) is 20.5. The molecular formula is C19H39NO3. The number of hydrogen-bond donors (Lipinski definition) is 2. The number of ether oxygens (including phenoxy) is 1. The molecule has 1 rings (SSSR count). The lowest BCUT2D eigenvalue weighted by atomic mass is 10.1. The van der Waals surface area contributed by atoms with E-state index >= 15 is 0 Å². The number of unbranched alkanes of at least 4 members (excludes halogenated alkanes) is 7. The quantitative estimate of drug-likeness (QED) is 0.509. The summed E-state index contributed by atoms with van der Waals surface area (Å²) in [5.41, 5.74) is 0. The van der Waals surface area contributed by atoms with Crippen molar-refractivity contribution in [3.05, 3.63) is 0 Å². The smallest absolute Gasteiger partial charge is 0.101 e. The van der Waals surface area contributed by atoms with Gasteiger partial charge in [-0.15, -0.1) is 0 Å². The third-order valence-corrected chi connectivity index (χ3v) is 5.02. The predicted molar refractivity (Wildman–Crippen MR) is 95.7 cm³/mol. The summed E-state index contributed by atoms with van der Waals surface area (Å²) in [6.07, 6.45) is 10.1. The van der Waals surface area contributed by atoms with Crippen LogP contribution >= 0.6 is 0 Å². The first kappa shape index (κ1) is 20.9. The van der Waals surface area contributed by atoms with Crippen LogP contribution in [0.1, 0.15) is 78.1 Å². The Hall–Kier alpha value is -0.160. The Morgan fingerprint density at radius 2 is 1.48 bits per heavy atom. The van der Waals surface area contributed by atoms with Gasteiger partial charge in [0.15, 0.2) is 0 Å². The summed E-state index contributed by atoms with van der Waals surface area (Å²) < 4.78 is 5.96. The average molecular weight is 330 g/mol. The van der Waals surface area contributed by atoms with Crippen molar-refractivity contribution < 1.29 is 14.9 Å². The molecule has 1 fully saturated rings. The first-order valence-electron chi connectivity index (χ1n) is 9.79. The summed E-state index contributed by atoms with van der Waals surface area (Å²) in [4.78, 5) is 2.20. The largest absolute Gasteiger partial charge is 0.391 e. The van der Waals surface area contributed by atoms with Gasteiger partial charge in [-0.05, 0) is 26.4 Å². The fourth-order valence-corrected chi connectivity index (χ4v) is 3.58. The number of rotatable bonds is 13. The van der Waals surface area contributed by atoms with Crippen molar-refractivity contribution in [2.45, 2.75) is 102 Å². The van der Waals surface area contributed by atoms with Crippen molar-refractivity contribution in [3.63, 3.8) is 0 Å². The second kappa shape index (κ2) is 12.2. The molecule has 1 aliphatic carbocycles. The molecule has 23 heavy (non-hydrogen) atoms. The second-order valence-electron chi connectivity index (χ2n) is 7.15. The Balaban J connectivity index is 2.35. The highest BCUT2D eigenvalue weighted by Crippen LogP contribution is 2.28. The van der Waals surface area contributed by atoms with Gasteiger partial charge < -0.3 is 14.9 Å². The number of aliphatic hydroxyl groups excluding tert-OH is 2. The zero-order chi connectivity index (χ0) is 17.1. The van der Waals surface area contributed by atoms with E-state index in [0.717, 1.165) is 19.4 Å². The lowest BCUT2D eigenvalue weighted by Gasteiger charge is -2.32. The molecule has 138 valence electrons. The standard InChI is InChI=1S/C19H39NO3/c1-4-6-8-10-11-13-20(3)18-16(21)15-17(22)19(18)23-14-12-9-7-5-2/h16-19,21-22H,4-15H2,1-3H3/t16-,17+,18+,19+/m0/s1. The molecule has 0 amide bonds. The molecule has 1 aliphatic rings. The molecule has 0 aromatic carbocycles. The summed E-state index contributed by atoms with van der Waals surface area (Å²) >= 11 is 0. The van der Waals surface area contributed by atoms with Crippen LogP contribution in [-0.2, 0) is 4.74 Å². The van der Waals surface area contributed by atoms with Gasteiger partial charge in [-0.25, -0.2) is 0 Å². The first-order valence-corrected chi connectivity index (χ1v) is 9.79. The zero-order valence-electron chi connectivity index (χ0n) is 15.5. The van der Waals surface area contributed by atoms with Gasteiger partial charge in [0.25, 0.3) is 0 Å². The summed E-state index contributed by atoms with van der Waals surface area (Å²) in [6, 6.07) is -0.0673. The van der Waals surface area contributed by atoms with Crippen molar-refractivity contribution >= 4 is 0 Å². The van der Waals surface area contributed by atoms with Gasteiger partial charge in [-0.2, -0.15) is 0 Å². The van der Waals surface area contributed by atoms with E-state index in [-0.39, 0.29) is 12.1 Å². The van der Waals surface area contributed by atoms with Crippen molar-refractivity contribution in [3.8, 4) is 0 Å². The Labute approximate surface area is 143 Å². The molecular weight excluding hydrogens is 290 g/mol. The van der Waals surface area contributed by atoms with Crippen LogP contribution in [0.2, 0.25) is 0 Å². The highest BCUT2D eigenvalue weighted by Gasteiger charge is 2.44. The van der Waals surface area contributed by atoms with Gasteiger partial charge in [0, 0.05) is 13.0 Å². The normalized spacial score (nSPS) is 27.9. The van der Waals surface area contributed by atoms with Gasteiger partial charge in [0.1, 0.15) is 6.10 Å². The van der Waals surface area contributed by atoms with Crippen molar-refractivity contribution in [1.82, 2.24) is 4.90 Å². The van der Waals surface area contributed by atoms with Gasteiger partial charge in [0.05, 0.1) is 18.2 Å².